The van der Waals surface area contributed by atoms with Gasteiger partial charge in [0.1, 0.15) is 0 Å². The molecule has 0 aromatic carbocycles. The van der Waals surface area contributed by atoms with Gasteiger partial charge in [0.15, 0.2) is 0 Å². The number of halogens is 5. The second kappa shape index (κ2) is 5.31. The minimum absolute atomic E-state index is 0.161. The highest BCUT2D eigenvalue weighted by Gasteiger charge is 2.59. The molecule has 1 aliphatic heterocycles. The third-order valence-corrected chi connectivity index (χ3v) is 5.72. The molecule has 1 rings (SSSR count). The predicted octanol–water partition coefficient (Wildman–Crippen LogP) is -0.0294. The van der Waals surface area contributed by atoms with E-state index in [2.05, 4.69) is 0 Å². The van der Waals surface area contributed by atoms with E-state index in [4.69, 9.17) is 0 Å². The molecule has 21 heavy (non-hydrogen) atoms. The largest absolute Gasteiger partial charge is 0.512 e. The highest BCUT2D eigenvalue weighted by Crippen LogP contribution is 2.29. The van der Waals surface area contributed by atoms with Crippen LogP contribution in [0.25, 0.3) is 0 Å². The number of hydrogen-bond acceptors (Lipinski definition) is 5. The zero-order valence-corrected chi connectivity index (χ0v) is 11.7. The van der Waals surface area contributed by atoms with Crippen molar-refractivity contribution in [2.75, 3.05) is 13.1 Å². The van der Waals surface area contributed by atoms with Crippen molar-refractivity contribution < 1.29 is 43.6 Å². The molecule has 0 aromatic rings. The molecular weight excluding hydrogens is 351 g/mol. The van der Waals surface area contributed by atoms with E-state index in [1.54, 1.807) is 0 Å². The molecule has 1 amide bonds. The maximum absolute atomic E-state index is 13.5. The van der Waals surface area contributed by atoms with Crippen molar-refractivity contribution in [2.45, 2.75) is 23.6 Å². The first kappa shape index (κ1) is 18.0. The zero-order chi connectivity index (χ0) is 16.7. The van der Waals surface area contributed by atoms with Crippen LogP contribution in [-0.4, -0.2) is 51.5 Å². The number of carbonyl (C=O) groups excluding carboxylic acids is 1. The Hall–Kier alpha value is -1.02. The van der Waals surface area contributed by atoms with Gasteiger partial charge in [0, 0.05) is 13.1 Å². The van der Waals surface area contributed by atoms with Gasteiger partial charge in [-0.15, -0.1) is 0 Å². The summed E-state index contributed by atoms with van der Waals surface area (Å²) in [6.07, 6.45) is 0.631. The minimum Gasteiger partial charge on any atom is -0.336 e. The lowest BCUT2D eigenvalue weighted by atomic mass is 10.4. The second-order valence-corrected chi connectivity index (χ2v) is 7.71. The summed E-state index contributed by atoms with van der Waals surface area (Å²) < 4.78 is 106. The van der Waals surface area contributed by atoms with Gasteiger partial charge >= 0.3 is 36.7 Å². The van der Waals surface area contributed by atoms with Crippen LogP contribution in [-0.2, 0) is 24.8 Å². The number of nitrogens with one attached hydrogen (secondary N) is 1. The molecule has 1 aliphatic rings. The van der Waals surface area contributed by atoms with Gasteiger partial charge in [0.05, 0.1) is 0 Å². The third-order valence-electron chi connectivity index (χ3n) is 2.50. The van der Waals surface area contributed by atoms with E-state index in [1.807, 2.05) is 0 Å². The van der Waals surface area contributed by atoms with E-state index in [0.29, 0.717) is 17.7 Å². The Labute approximate surface area is 116 Å². The molecule has 0 saturated carbocycles. The summed E-state index contributed by atoms with van der Waals surface area (Å²) in [5.74, 6) is -2.27. The average molecular weight is 360 g/mol. The van der Waals surface area contributed by atoms with Gasteiger partial charge in [0.25, 0.3) is 0 Å². The fraction of sp³-hybridized carbons (Fsp3) is 0.857. The van der Waals surface area contributed by atoms with Crippen LogP contribution in [0, 0.1) is 0 Å². The number of carbonyl (C=O) groups is 1. The number of alkyl halides is 5. The SMILES string of the molecule is O=C(N1CCCC1)C(F)(F)S(=O)(=O)NS(=O)(=O)C(F)(F)F. The first-order chi connectivity index (χ1) is 9.22. The van der Waals surface area contributed by atoms with Crippen LogP contribution in [0.5, 0.6) is 0 Å². The van der Waals surface area contributed by atoms with Gasteiger partial charge < -0.3 is 4.90 Å². The lowest BCUT2D eigenvalue weighted by molar-refractivity contribution is -0.145. The average Bonchev–Trinajstić information content (AvgIpc) is 2.77. The normalized spacial score (nSPS) is 18.0. The van der Waals surface area contributed by atoms with E-state index in [9.17, 15) is 43.6 Å². The van der Waals surface area contributed by atoms with Crippen LogP contribution in [0.15, 0.2) is 0 Å². The molecular formula is C7H9F5N2O5S2. The van der Waals surface area contributed by atoms with E-state index >= 15 is 0 Å². The smallest absolute Gasteiger partial charge is 0.336 e. The summed E-state index contributed by atoms with van der Waals surface area (Å²) in [6, 6.07) is 0. The lowest BCUT2D eigenvalue weighted by Gasteiger charge is -2.22. The number of hydrogen-bond donors (Lipinski definition) is 1. The first-order valence-corrected chi connectivity index (χ1v) is 8.20. The Morgan fingerprint density at radius 2 is 1.33 bits per heavy atom. The Morgan fingerprint density at radius 3 is 1.71 bits per heavy atom. The van der Waals surface area contributed by atoms with Crippen LogP contribution >= 0.6 is 0 Å². The summed E-state index contributed by atoms with van der Waals surface area (Å²) >= 11 is 0. The Morgan fingerprint density at radius 1 is 0.905 bits per heavy atom. The first-order valence-electron chi connectivity index (χ1n) is 5.24. The molecule has 0 bridgehead atoms. The van der Waals surface area contributed by atoms with Gasteiger partial charge in [-0.05, 0) is 12.8 Å². The second-order valence-electron chi connectivity index (χ2n) is 4.05. The Balaban J connectivity index is 3.08. The summed E-state index contributed by atoms with van der Waals surface area (Å²) in [6.45, 7) is -0.397. The van der Waals surface area contributed by atoms with Crippen LogP contribution in [0.3, 0.4) is 0 Å². The van der Waals surface area contributed by atoms with Gasteiger partial charge in [-0.1, -0.05) is 4.13 Å². The molecule has 0 aliphatic carbocycles. The zero-order valence-electron chi connectivity index (χ0n) is 10.0. The number of likely N-dealkylation sites (tertiary alicyclic amines) is 1. The van der Waals surface area contributed by atoms with Crippen molar-refractivity contribution in [1.82, 2.24) is 9.03 Å². The molecule has 0 spiro atoms. The molecule has 1 fully saturated rings. The molecule has 124 valence electrons. The van der Waals surface area contributed by atoms with E-state index in [0.717, 1.165) is 0 Å². The molecule has 1 N–H and O–H groups in total. The van der Waals surface area contributed by atoms with Crippen LogP contribution < -0.4 is 4.13 Å². The topological polar surface area (TPSA) is 101 Å². The monoisotopic (exact) mass is 360 g/mol. The molecule has 0 atom stereocenters. The Kier molecular flexibility index (Phi) is 4.56. The summed E-state index contributed by atoms with van der Waals surface area (Å²) in [4.78, 5) is 11.8. The molecule has 0 aromatic heterocycles. The maximum atomic E-state index is 13.5. The minimum atomic E-state index is -6.58. The fourth-order valence-corrected chi connectivity index (χ4v) is 3.77. The van der Waals surface area contributed by atoms with Gasteiger partial charge in [-0.3, -0.25) is 4.79 Å². The van der Waals surface area contributed by atoms with E-state index in [1.165, 1.54) is 0 Å². The standard InChI is InChI=1S/C7H9F5N2O5S2/c8-6(9,5(15)14-3-1-2-4-14)20(16,17)13-21(18,19)7(10,11)12/h13H,1-4H2. The van der Waals surface area contributed by atoms with Crippen molar-refractivity contribution in [2.24, 2.45) is 0 Å². The summed E-state index contributed by atoms with van der Waals surface area (Å²) in [5, 5.41) is -5.34. The van der Waals surface area contributed by atoms with E-state index < -0.39 is 36.7 Å². The molecule has 1 heterocycles. The van der Waals surface area contributed by atoms with Crippen LogP contribution in [0.2, 0.25) is 0 Å². The predicted molar refractivity (Wildman–Crippen MR) is 57.8 cm³/mol. The summed E-state index contributed by atoms with van der Waals surface area (Å²) in [7, 11) is -13.0. The van der Waals surface area contributed by atoms with Crippen LogP contribution in [0.1, 0.15) is 12.8 Å². The molecule has 0 radical (unpaired) electrons. The summed E-state index contributed by atoms with van der Waals surface area (Å²) in [5.41, 5.74) is -6.12. The van der Waals surface area contributed by atoms with Crippen molar-refractivity contribution in [3.63, 3.8) is 0 Å². The van der Waals surface area contributed by atoms with Crippen molar-refractivity contribution in [3.8, 4) is 0 Å². The van der Waals surface area contributed by atoms with Gasteiger partial charge in [-0.25, -0.2) is 16.8 Å². The number of sulfonamides is 2. The highest BCUT2D eigenvalue weighted by molar-refractivity contribution is 8.05. The highest BCUT2D eigenvalue weighted by atomic mass is 32.3. The third kappa shape index (κ3) is 3.42. The Bertz CT molecular complexity index is 620. The molecule has 1 saturated heterocycles. The number of nitrogens with zero attached hydrogens (tertiary/aromatic N) is 1. The van der Waals surface area contributed by atoms with Gasteiger partial charge in [0.2, 0.25) is 0 Å². The van der Waals surface area contributed by atoms with Crippen molar-refractivity contribution in [1.29, 1.82) is 0 Å². The van der Waals surface area contributed by atoms with Gasteiger partial charge in [-0.2, -0.15) is 22.0 Å². The van der Waals surface area contributed by atoms with Crippen molar-refractivity contribution >= 4 is 26.0 Å². The van der Waals surface area contributed by atoms with Crippen LogP contribution in [0.4, 0.5) is 22.0 Å². The maximum Gasteiger partial charge on any atom is 0.512 e. The fourth-order valence-electron chi connectivity index (χ4n) is 1.46. The molecule has 0 unspecified atom stereocenters. The molecule has 7 nitrogen and oxygen atoms in total. The molecule has 14 heteroatoms. The lowest BCUT2D eigenvalue weighted by Crippen LogP contribution is -2.54. The quantitative estimate of drug-likeness (QED) is 0.710. The number of amides is 1. The number of rotatable bonds is 4. The van der Waals surface area contributed by atoms with Crippen molar-refractivity contribution in [3.05, 3.63) is 0 Å². The van der Waals surface area contributed by atoms with E-state index in [-0.39, 0.29) is 17.2 Å².